The molecule has 0 aromatic carbocycles. The summed E-state index contributed by atoms with van der Waals surface area (Å²) >= 11 is 5.67. The molecule has 0 aromatic rings. The third-order valence-electron chi connectivity index (χ3n) is 2.59. The van der Waals surface area contributed by atoms with Crippen molar-refractivity contribution in [3.05, 3.63) is 0 Å². The van der Waals surface area contributed by atoms with Crippen molar-refractivity contribution < 1.29 is 9.13 Å². The van der Waals surface area contributed by atoms with Crippen molar-refractivity contribution in [2.45, 2.75) is 44.5 Å². The maximum atomic E-state index is 13.6. The molecule has 0 amide bonds. The third-order valence-corrected chi connectivity index (χ3v) is 3.12. The molecular weight excluding hydrogens is 167 g/mol. The Morgan fingerprint density at radius 2 is 2.18 bits per heavy atom. The standard InChI is InChI=1S/C8H14ClFO/c1-4-6-5(2)8(3,10)7(9)11-6/h5-7H,4H2,1-3H3/t5-,6+,7+,8?/m0/s1. The lowest BCUT2D eigenvalue weighted by molar-refractivity contribution is 0.0547. The molecule has 4 atom stereocenters. The molecule has 0 aliphatic carbocycles. The van der Waals surface area contributed by atoms with Gasteiger partial charge in [0.05, 0.1) is 6.10 Å². The topological polar surface area (TPSA) is 9.23 Å². The van der Waals surface area contributed by atoms with Crippen LogP contribution in [0.4, 0.5) is 4.39 Å². The van der Waals surface area contributed by atoms with E-state index in [1.807, 2.05) is 13.8 Å². The van der Waals surface area contributed by atoms with Crippen LogP contribution in [0.15, 0.2) is 0 Å². The first kappa shape index (κ1) is 9.27. The average molecular weight is 181 g/mol. The van der Waals surface area contributed by atoms with Crippen molar-refractivity contribution >= 4 is 11.6 Å². The van der Waals surface area contributed by atoms with Crippen molar-refractivity contribution in [3.8, 4) is 0 Å². The molecule has 0 N–H and O–H groups in total. The number of ether oxygens (including phenoxy) is 1. The monoisotopic (exact) mass is 180 g/mol. The summed E-state index contributed by atoms with van der Waals surface area (Å²) in [5.41, 5.74) is -2.15. The fraction of sp³-hybridized carbons (Fsp3) is 1.00. The van der Waals surface area contributed by atoms with Crippen LogP contribution in [0.1, 0.15) is 27.2 Å². The van der Waals surface area contributed by atoms with Crippen LogP contribution in [0.25, 0.3) is 0 Å². The van der Waals surface area contributed by atoms with Crippen LogP contribution in [0.5, 0.6) is 0 Å². The van der Waals surface area contributed by atoms with Crippen LogP contribution in [0.2, 0.25) is 0 Å². The molecule has 0 radical (unpaired) electrons. The largest absolute Gasteiger partial charge is 0.355 e. The molecule has 1 aliphatic heterocycles. The summed E-state index contributed by atoms with van der Waals surface area (Å²) < 4.78 is 18.8. The molecule has 66 valence electrons. The van der Waals surface area contributed by atoms with E-state index in [1.165, 1.54) is 6.92 Å². The minimum atomic E-state index is -1.37. The smallest absolute Gasteiger partial charge is 0.165 e. The van der Waals surface area contributed by atoms with E-state index in [2.05, 4.69) is 0 Å². The molecule has 0 aromatic heterocycles. The summed E-state index contributed by atoms with van der Waals surface area (Å²) in [6.45, 7) is 5.33. The van der Waals surface area contributed by atoms with Gasteiger partial charge < -0.3 is 4.74 Å². The highest BCUT2D eigenvalue weighted by atomic mass is 35.5. The maximum absolute atomic E-state index is 13.6. The summed E-state index contributed by atoms with van der Waals surface area (Å²) in [4.78, 5) is 0. The lowest BCUT2D eigenvalue weighted by Gasteiger charge is -2.20. The first-order valence-electron chi connectivity index (χ1n) is 3.98. The highest BCUT2D eigenvalue weighted by Gasteiger charge is 2.50. The molecule has 1 rings (SSSR count). The third kappa shape index (κ3) is 1.38. The fourth-order valence-electron chi connectivity index (χ4n) is 1.42. The van der Waals surface area contributed by atoms with E-state index in [0.717, 1.165) is 6.42 Å². The van der Waals surface area contributed by atoms with Crippen LogP contribution in [0, 0.1) is 5.92 Å². The Hall–Kier alpha value is 0.180. The van der Waals surface area contributed by atoms with E-state index in [-0.39, 0.29) is 12.0 Å². The zero-order valence-electron chi connectivity index (χ0n) is 7.10. The van der Waals surface area contributed by atoms with E-state index in [9.17, 15) is 4.39 Å². The van der Waals surface area contributed by atoms with Crippen molar-refractivity contribution in [3.63, 3.8) is 0 Å². The van der Waals surface area contributed by atoms with Crippen LogP contribution >= 0.6 is 11.6 Å². The minimum Gasteiger partial charge on any atom is -0.355 e. The van der Waals surface area contributed by atoms with Gasteiger partial charge in [0.2, 0.25) is 0 Å². The van der Waals surface area contributed by atoms with E-state index in [4.69, 9.17) is 16.3 Å². The lowest BCUT2D eigenvalue weighted by Crippen LogP contribution is -2.32. The first-order valence-corrected chi connectivity index (χ1v) is 4.42. The molecule has 1 aliphatic rings. The van der Waals surface area contributed by atoms with Gasteiger partial charge in [0, 0.05) is 5.92 Å². The van der Waals surface area contributed by atoms with Crippen LogP contribution in [-0.2, 0) is 4.74 Å². The van der Waals surface area contributed by atoms with Gasteiger partial charge in [-0.15, -0.1) is 0 Å². The Kier molecular flexibility index (Phi) is 2.45. The van der Waals surface area contributed by atoms with E-state index in [0.29, 0.717) is 0 Å². The van der Waals surface area contributed by atoms with E-state index in [1.54, 1.807) is 0 Å². The van der Waals surface area contributed by atoms with Crippen molar-refractivity contribution in [1.29, 1.82) is 0 Å². The zero-order chi connectivity index (χ0) is 8.65. The van der Waals surface area contributed by atoms with Gasteiger partial charge in [-0.05, 0) is 13.3 Å². The summed E-state index contributed by atoms with van der Waals surface area (Å²) in [6.07, 6.45) is 0.802. The number of hydrogen-bond donors (Lipinski definition) is 0. The molecule has 1 unspecified atom stereocenters. The normalized spacial score (nSPS) is 51.5. The van der Waals surface area contributed by atoms with Crippen LogP contribution in [-0.4, -0.2) is 17.3 Å². The molecule has 1 saturated heterocycles. The molecule has 0 bridgehead atoms. The summed E-state index contributed by atoms with van der Waals surface area (Å²) in [7, 11) is 0. The Morgan fingerprint density at radius 3 is 2.36 bits per heavy atom. The fourth-order valence-corrected chi connectivity index (χ4v) is 1.76. The molecule has 3 heteroatoms. The predicted octanol–water partition coefficient (Wildman–Crippen LogP) is 2.72. The molecule has 0 saturated carbocycles. The Morgan fingerprint density at radius 1 is 1.64 bits per heavy atom. The van der Waals surface area contributed by atoms with E-state index >= 15 is 0 Å². The van der Waals surface area contributed by atoms with Crippen molar-refractivity contribution in [1.82, 2.24) is 0 Å². The predicted molar refractivity (Wildman–Crippen MR) is 43.5 cm³/mol. The minimum absolute atomic E-state index is 0.0208. The Bertz CT molecular complexity index is 149. The summed E-state index contributed by atoms with van der Waals surface area (Å²) in [6, 6.07) is 0. The quantitative estimate of drug-likeness (QED) is 0.564. The van der Waals surface area contributed by atoms with Crippen LogP contribution in [0.3, 0.4) is 0 Å². The molecule has 1 heterocycles. The van der Waals surface area contributed by atoms with Gasteiger partial charge in [-0.25, -0.2) is 4.39 Å². The lowest BCUT2D eigenvalue weighted by atomic mass is 9.90. The number of rotatable bonds is 1. The average Bonchev–Trinajstić information content (AvgIpc) is 2.14. The van der Waals surface area contributed by atoms with Crippen molar-refractivity contribution in [2.75, 3.05) is 0 Å². The first-order chi connectivity index (χ1) is 5.00. The summed E-state index contributed by atoms with van der Waals surface area (Å²) in [5, 5.41) is 0. The molecular formula is C8H14ClFO. The van der Waals surface area contributed by atoms with Gasteiger partial charge in [-0.3, -0.25) is 0 Å². The molecule has 1 fully saturated rings. The number of hydrogen-bond acceptors (Lipinski definition) is 1. The zero-order valence-corrected chi connectivity index (χ0v) is 7.86. The number of alkyl halides is 2. The molecule has 1 nitrogen and oxygen atoms in total. The Balaban J connectivity index is 2.71. The SMILES string of the molecule is CC[C@H]1O[C@@H](Cl)C(C)(F)[C@H]1C. The second-order valence-electron chi connectivity index (χ2n) is 3.34. The van der Waals surface area contributed by atoms with Crippen molar-refractivity contribution in [2.24, 2.45) is 5.92 Å². The highest BCUT2D eigenvalue weighted by Crippen LogP contribution is 2.41. The Labute approximate surface area is 71.9 Å². The maximum Gasteiger partial charge on any atom is 0.165 e. The van der Waals surface area contributed by atoms with E-state index < -0.39 is 11.2 Å². The van der Waals surface area contributed by atoms with Gasteiger partial charge in [0.15, 0.2) is 11.2 Å². The number of halogens is 2. The van der Waals surface area contributed by atoms with Gasteiger partial charge in [0.1, 0.15) is 0 Å². The molecule has 11 heavy (non-hydrogen) atoms. The highest BCUT2D eigenvalue weighted by molar-refractivity contribution is 6.20. The summed E-state index contributed by atoms with van der Waals surface area (Å²) in [5.74, 6) is -0.102. The molecule has 0 spiro atoms. The van der Waals surface area contributed by atoms with Gasteiger partial charge in [-0.1, -0.05) is 25.4 Å². The second kappa shape index (κ2) is 2.91. The second-order valence-corrected chi connectivity index (χ2v) is 3.74. The van der Waals surface area contributed by atoms with Gasteiger partial charge in [-0.2, -0.15) is 0 Å². The van der Waals surface area contributed by atoms with Crippen LogP contribution < -0.4 is 0 Å². The van der Waals surface area contributed by atoms with Gasteiger partial charge >= 0.3 is 0 Å². The van der Waals surface area contributed by atoms with Gasteiger partial charge in [0.25, 0.3) is 0 Å².